The summed E-state index contributed by atoms with van der Waals surface area (Å²) >= 11 is 0. The fraction of sp³-hybridized carbons (Fsp3) is 0.0667. The first-order chi connectivity index (χ1) is 10.3. The zero-order valence-electron chi connectivity index (χ0n) is 10.7. The zero-order chi connectivity index (χ0) is 14.8. The largest absolute Gasteiger partial charge is 0.468 e. The highest BCUT2D eigenvalue weighted by Gasteiger charge is 2.36. The Labute approximate surface area is 119 Å². The standard InChI is InChI=1S/C15H9N3O3/c16-7-9-13(11-3-1-5-19-11)10(8-17)15(18)21-14(9)12-4-2-6-20-12/h1-6,13H,18H2. The van der Waals surface area contributed by atoms with Crippen LogP contribution in [0, 0.1) is 22.7 Å². The lowest BCUT2D eigenvalue weighted by atomic mass is 9.87. The van der Waals surface area contributed by atoms with Crippen LogP contribution in [0.2, 0.25) is 0 Å². The Hall–Kier alpha value is -3.38. The van der Waals surface area contributed by atoms with Gasteiger partial charge in [-0.25, -0.2) is 0 Å². The van der Waals surface area contributed by atoms with E-state index in [1.807, 2.05) is 6.07 Å². The fourth-order valence-corrected chi connectivity index (χ4v) is 2.20. The number of nitrogens with two attached hydrogens (primary N) is 1. The molecule has 2 aromatic rings. The van der Waals surface area contributed by atoms with Crippen molar-refractivity contribution in [1.82, 2.24) is 0 Å². The minimum absolute atomic E-state index is 0.0655. The van der Waals surface area contributed by atoms with Crippen LogP contribution in [-0.2, 0) is 4.74 Å². The molecular weight excluding hydrogens is 270 g/mol. The number of allylic oxidation sites excluding steroid dienone is 2. The van der Waals surface area contributed by atoms with Crippen LogP contribution in [0.15, 0.2) is 62.7 Å². The summed E-state index contributed by atoms with van der Waals surface area (Å²) in [5, 5.41) is 18.8. The number of nitrogens with zero attached hydrogens (tertiary/aromatic N) is 2. The molecule has 0 saturated carbocycles. The van der Waals surface area contributed by atoms with Crippen molar-refractivity contribution in [3.8, 4) is 12.1 Å². The monoisotopic (exact) mass is 279 g/mol. The number of furan rings is 2. The summed E-state index contributed by atoms with van der Waals surface area (Å²) in [5.74, 6) is 0.231. The second kappa shape index (κ2) is 4.95. The summed E-state index contributed by atoms with van der Waals surface area (Å²) in [6.45, 7) is 0. The molecule has 102 valence electrons. The summed E-state index contributed by atoms with van der Waals surface area (Å²) in [5.41, 5.74) is 6.16. The molecule has 0 amide bonds. The van der Waals surface area contributed by atoms with Crippen molar-refractivity contribution >= 4 is 5.76 Å². The second-order valence-corrected chi connectivity index (χ2v) is 4.27. The molecule has 0 fully saturated rings. The molecular formula is C15H9N3O3. The summed E-state index contributed by atoms with van der Waals surface area (Å²) in [4.78, 5) is 0. The quantitative estimate of drug-likeness (QED) is 0.904. The van der Waals surface area contributed by atoms with Gasteiger partial charge in [-0.05, 0) is 24.3 Å². The third kappa shape index (κ3) is 1.96. The smallest absolute Gasteiger partial charge is 0.206 e. The average molecular weight is 279 g/mol. The zero-order valence-corrected chi connectivity index (χ0v) is 10.7. The molecule has 0 aromatic carbocycles. The van der Waals surface area contributed by atoms with Crippen LogP contribution < -0.4 is 5.73 Å². The van der Waals surface area contributed by atoms with E-state index in [2.05, 4.69) is 6.07 Å². The predicted molar refractivity (Wildman–Crippen MR) is 70.6 cm³/mol. The van der Waals surface area contributed by atoms with Crippen LogP contribution in [0.3, 0.4) is 0 Å². The molecule has 0 aliphatic carbocycles. The molecule has 1 aliphatic heterocycles. The van der Waals surface area contributed by atoms with Crippen molar-refractivity contribution in [2.24, 2.45) is 5.73 Å². The lowest BCUT2D eigenvalue weighted by Gasteiger charge is -2.23. The van der Waals surface area contributed by atoms with Gasteiger partial charge >= 0.3 is 0 Å². The van der Waals surface area contributed by atoms with Crippen molar-refractivity contribution in [2.45, 2.75) is 5.92 Å². The highest BCUT2D eigenvalue weighted by Crippen LogP contribution is 2.41. The Bertz CT molecular complexity index is 799. The van der Waals surface area contributed by atoms with E-state index in [9.17, 15) is 10.5 Å². The third-order valence-electron chi connectivity index (χ3n) is 3.11. The Balaban J connectivity index is 2.22. The number of nitriles is 2. The lowest BCUT2D eigenvalue weighted by molar-refractivity contribution is 0.336. The maximum Gasteiger partial charge on any atom is 0.206 e. The fourth-order valence-electron chi connectivity index (χ4n) is 2.20. The number of hydrogen-bond acceptors (Lipinski definition) is 6. The molecule has 0 saturated heterocycles. The van der Waals surface area contributed by atoms with Gasteiger partial charge in [0.1, 0.15) is 17.4 Å². The van der Waals surface area contributed by atoms with Gasteiger partial charge in [-0.1, -0.05) is 0 Å². The van der Waals surface area contributed by atoms with Crippen LogP contribution in [0.25, 0.3) is 5.76 Å². The molecule has 21 heavy (non-hydrogen) atoms. The second-order valence-electron chi connectivity index (χ2n) is 4.27. The average Bonchev–Trinajstić information content (AvgIpc) is 3.19. The van der Waals surface area contributed by atoms with Crippen molar-refractivity contribution in [2.75, 3.05) is 0 Å². The van der Waals surface area contributed by atoms with Crippen molar-refractivity contribution in [3.05, 3.63) is 65.3 Å². The summed E-state index contributed by atoms with van der Waals surface area (Å²) in [7, 11) is 0. The third-order valence-corrected chi connectivity index (χ3v) is 3.11. The van der Waals surface area contributed by atoms with E-state index in [4.69, 9.17) is 19.3 Å². The normalized spacial score (nSPS) is 18.1. The molecule has 6 heteroatoms. The van der Waals surface area contributed by atoms with E-state index in [0.717, 1.165) is 0 Å². The van der Waals surface area contributed by atoms with E-state index in [1.165, 1.54) is 12.5 Å². The van der Waals surface area contributed by atoms with E-state index >= 15 is 0 Å². The van der Waals surface area contributed by atoms with Gasteiger partial charge in [0.15, 0.2) is 11.5 Å². The van der Waals surface area contributed by atoms with E-state index in [-0.39, 0.29) is 22.8 Å². The van der Waals surface area contributed by atoms with Gasteiger partial charge in [0, 0.05) is 0 Å². The molecule has 0 bridgehead atoms. The summed E-state index contributed by atoms with van der Waals surface area (Å²) in [6.07, 6.45) is 2.93. The molecule has 3 heterocycles. The van der Waals surface area contributed by atoms with Crippen LogP contribution >= 0.6 is 0 Å². The Kier molecular flexibility index (Phi) is 2.98. The first-order valence-corrected chi connectivity index (χ1v) is 6.05. The van der Waals surface area contributed by atoms with Crippen molar-refractivity contribution < 1.29 is 13.6 Å². The Morgan fingerprint density at radius 2 is 1.71 bits per heavy atom. The van der Waals surface area contributed by atoms with E-state index in [0.29, 0.717) is 11.5 Å². The van der Waals surface area contributed by atoms with Crippen molar-refractivity contribution in [3.63, 3.8) is 0 Å². The molecule has 1 unspecified atom stereocenters. The van der Waals surface area contributed by atoms with Gasteiger partial charge in [0.25, 0.3) is 0 Å². The summed E-state index contributed by atoms with van der Waals surface area (Å²) in [6, 6.07) is 10.7. The molecule has 6 nitrogen and oxygen atoms in total. The van der Waals surface area contributed by atoms with Crippen molar-refractivity contribution in [1.29, 1.82) is 10.5 Å². The Morgan fingerprint density at radius 1 is 1.00 bits per heavy atom. The number of hydrogen-bond donors (Lipinski definition) is 1. The van der Waals surface area contributed by atoms with Gasteiger partial charge in [-0.15, -0.1) is 0 Å². The van der Waals surface area contributed by atoms with Crippen LogP contribution in [-0.4, -0.2) is 0 Å². The summed E-state index contributed by atoms with van der Waals surface area (Å²) < 4.78 is 16.0. The maximum absolute atomic E-state index is 9.49. The number of ether oxygens (including phenoxy) is 1. The van der Waals surface area contributed by atoms with Gasteiger partial charge in [-0.3, -0.25) is 0 Å². The maximum atomic E-state index is 9.49. The van der Waals surface area contributed by atoms with Gasteiger partial charge in [0.05, 0.1) is 30.1 Å². The predicted octanol–water partition coefficient (Wildman–Crippen LogP) is 2.62. The van der Waals surface area contributed by atoms with E-state index in [1.54, 1.807) is 24.3 Å². The highest BCUT2D eigenvalue weighted by molar-refractivity contribution is 5.70. The van der Waals surface area contributed by atoms with Gasteiger partial charge < -0.3 is 19.3 Å². The first-order valence-electron chi connectivity index (χ1n) is 6.05. The molecule has 1 atom stereocenters. The van der Waals surface area contributed by atoms with E-state index < -0.39 is 5.92 Å². The number of rotatable bonds is 2. The lowest BCUT2D eigenvalue weighted by Crippen LogP contribution is -2.19. The first kappa shape index (κ1) is 12.6. The van der Waals surface area contributed by atoms with Crippen LogP contribution in [0.1, 0.15) is 17.4 Å². The highest BCUT2D eigenvalue weighted by atomic mass is 16.5. The molecule has 1 aliphatic rings. The van der Waals surface area contributed by atoms with Gasteiger partial charge in [0.2, 0.25) is 5.88 Å². The van der Waals surface area contributed by atoms with Crippen LogP contribution in [0.5, 0.6) is 0 Å². The molecule has 0 radical (unpaired) electrons. The minimum atomic E-state index is -0.705. The minimum Gasteiger partial charge on any atom is -0.468 e. The topological polar surface area (TPSA) is 109 Å². The molecule has 3 rings (SSSR count). The molecule has 0 spiro atoms. The van der Waals surface area contributed by atoms with Gasteiger partial charge in [-0.2, -0.15) is 10.5 Å². The Morgan fingerprint density at radius 3 is 2.29 bits per heavy atom. The SMILES string of the molecule is N#CC1=C(N)OC(c2ccco2)=C(C#N)C1c1ccco1. The van der Waals surface area contributed by atoms with Crippen LogP contribution in [0.4, 0.5) is 0 Å². The molecule has 2 N–H and O–H groups in total. The molecule has 2 aromatic heterocycles.